The van der Waals surface area contributed by atoms with Gasteiger partial charge in [-0.1, -0.05) is 255 Å². The Hall–Kier alpha value is -8.36. The Morgan fingerprint density at radius 1 is 0.224 bits per heavy atom. The van der Waals surface area contributed by atoms with E-state index in [2.05, 4.69) is 255 Å². The maximum Gasteiger partial charge on any atom is 0.181 e. The van der Waals surface area contributed by atoms with Crippen LogP contribution >= 0.6 is 0 Å². The lowest BCUT2D eigenvalue weighted by Gasteiger charge is -2.32. The summed E-state index contributed by atoms with van der Waals surface area (Å²) < 4.78 is 0. The smallest absolute Gasteiger partial charge is 0.0623 e. The first kappa shape index (κ1) is 38.0. The van der Waals surface area contributed by atoms with Crippen LogP contribution in [0, 0.1) is 0 Å². The van der Waals surface area contributed by atoms with E-state index in [4.69, 9.17) is 0 Å². The number of fused-ring (bicyclic) bond motifs is 11. The largest absolute Gasteiger partial charge is 0.181 e. The molecule has 1 aliphatic rings. The van der Waals surface area contributed by atoms with Gasteiger partial charge in [-0.15, -0.1) is 0 Å². The van der Waals surface area contributed by atoms with E-state index in [1.807, 2.05) is 0 Å². The topological polar surface area (TPSA) is 0 Å². The van der Waals surface area contributed by atoms with Crippen LogP contribution in [0.15, 0.2) is 255 Å². The minimum Gasteiger partial charge on any atom is -0.0623 e. The molecule has 0 bridgehead atoms. The molecule has 0 amide bonds. The molecule has 0 N–H and O–H groups in total. The van der Waals surface area contributed by atoms with Crippen LogP contribution in [0.1, 0.15) is 0 Å². The van der Waals surface area contributed by atoms with Crippen molar-refractivity contribution in [1.82, 2.24) is 0 Å². The molecule has 0 unspecified atom stereocenters. The first-order chi connectivity index (χ1) is 33.3. The standard InChI is InChI=1S/C66H42Si/c1-4-21-44(22-5-1)62-51-28-12-16-32-55(51)64(56-33-17-13-29-52(56)62)65-57-34-18-14-30-53(57)63(54-31-15-19-35-58(54)65)45-37-38-50-60-41-40-49-48-27-11-10-20-43(48)36-39-59(49)66(60)67(61(50)42-45,46-23-6-2-7-24-46)47-25-8-3-9-26-47/h1-42H. The van der Waals surface area contributed by atoms with Crippen molar-refractivity contribution < 1.29 is 0 Å². The van der Waals surface area contributed by atoms with Crippen LogP contribution in [-0.2, 0) is 0 Å². The van der Waals surface area contributed by atoms with Crippen molar-refractivity contribution in [1.29, 1.82) is 0 Å². The summed E-state index contributed by atoms with van der Waals surface area (Å²) >= 11 is 0. The minimum absolute atomic E-state index is 1.23. The number of hydrogen-bond acceptors (Lipinski definition) is 0. The van der Waals surface area contributed by atoms with Crippen LogP contribution in [-0.4, -0.2) is 8.07 Å². The molecule has 67 heavy (non-hydrogen) atoms. The van der Waals surface area contributed by atoms with E-state index in [9.17, 15) is 0 Å². The summed E-state index contributed by atoms with van der Waals surface area (Å²) in [7, 11) is -2.94. The lowest BCUT2D eigenvalue weighted by Crippen LogP contribution is -2.73. The zero-order chi connectivity index (χ0) is 44.1. The Labute approximate surface area is 390 Å². The third kappa shape index (κ3) is 5.41. The van der Waals surface area contributed by atoms with Gasteiger partial charge in [0.05, 0.1) is 0 Å². The Morgan fingerprint density at radius 2 is 0.612 bits per heavy atom. The van der Waals surface area contributed by atoms with Crippen LogP contribution < -0.4 is 20.7 Å². The van der Waals surface area contributed by atoms with E-state index >= 15 is 0 Å². The van der Waals surface area contributed by atoms with Crippen LogP contribution in [0.5, 0.6) is 0 Å². The summed E-state index contributed by atoms with van der Waals surface area (Å²) in [5, 5.41) is 21.1. The molecule has 13 aromatic carbocycles. The summed E-state index contributed by atoms with van der Waals surface area (Å²) in [5.74, 6) is 0. The highest BCUT2D eigenvalue weighted by Crippen LogP contribution is 2.50. The van der Waals surface area contributed by atoms with E-state index in [1.165, 1.54) is 130 Å². The average molecular weight is 863 g/mol. The van der Waals surface area contributed by atoms with Gasteiger partial charge in [-0.2, -0.15) is 0 Å². The predicted molar refractivity (Wildman–Crippen MR) is 290 cm³/mol. The van der Waals surface area contributed by atoms with Crippen molar-refractivity contribution in [2.45, 2.75) is 0 Å². The van der Waals surface area contributed by atoms with Crippen LogP contribution in [0.3, 0.4) is 0 Å². The summed E-state index contributed by atoms with van der Waals surface area (Å²) in [6, 6.07) is 96.2. The van der Waals surface area contributed by atoms with E-state index in [-0.39, 0.29) is 0 Å². The molecular weight excluding hydrogens is 821 g/mol. The lowest BCUT2D eigenvalue weighted by molar-refractivity contribution is 1.66. The molecule has 0 aromatic heterocycles. The Bertz CT molecular complexity index is 3980. The summed E-state index contributed by atoms with van der Waals surface area (Å²) in [4.78, 5) is 0. The number of benzene rings is 13. The lowest BCUT2D eigenvalue weighted by atomic mass is 9.81. The highest BCUT2D eigenvalue weighted by molar-refractivity contribution is 7.23. The molecule has 0 nitrogen and oxygen atoms in total. The molecular formula is C66H42Si. The van der Waals surface area contributed by atoms with Gasteiger partial charge in [0.2, 0.25) is 0 Å². The van der Waals surface area contributed by atoms with Crippen molar-refractivity contribution in [3.05, 3.63) is 255 Å². The molecule has 1 heterocycles. The second-order valence-corrected chi connectivity index (χ2v) is 21.9. The van der Waals surface area contributed by atoms with Crippen molar-refractivity contribution in [2.75, 3.05) is 0 Å². The second-order valence-electron chi connectivity index (χ2n) is 18.2. The van der Waals surface area contributed by atoms with Crippen molar-refractivity contribution in [3.63, 3.8) is 0 Å². The van der Waals surface area contributed by atoms with Gasteiger partial charge in [-0.25, -0.2) is 0 Å². The third-order valence-corrected chi connectivity index (χ3v) is 19.8. The molecule has 0 spiro atoms. The van der Waals surface area contributed by atoms with Gasteiger partial charge in [0.25, 0.3) is 0 Å². The van der Waals surface area contributed by atoms with Gasteiger partial charge in [0.15, 0.2) is 8.07 Å². The molecule has 0 saturated carbocycles. The molecule has 0 aliphatic carbocycles. The quantitative estimate of drug-likeness (QED) is 0.0919. The van der Waals surface area contributed by atoms with Gasteiger partial charge < -0.3 is 0 Å². The monoisotopic (exact) mass is 862 g/mol. The first-order valence-electron chi connectivity index (χ1n) is 23.4. The fraction of sp³-hybridized carbons (Fsp3) is 0. The Morgan fingerprint density at radius 3 is 1.12 bits per heavy atom. The minimum atomic E-state index is -2.94. The molecule has 1 heteroatoms. The zero-order valence-corrected chi connectivity index (χ0v) is 37.7. The fourth-order valence-electron chi connectivity index (χ4n) is 12.3. The Kier molecular flexibility index (Phi) is 8.40. The van der Waals surface area contributed by atoms with Gasteiger partial charge in [0, 0.05) is 0 Å². The maximum absolute atomic E-state index is 2.94. The van der Waals surface area contributed by atoms with Crippen LogP contribution in [0.4, 0.5) is 0 Å². The van der Waals surface area contributed by atoms with Crippen LogP contribution in [0.2, 0.25) is 0 Å². The van der Waals surface area contributed by atoms with E-state index in [1.54, 1.807) is 0 Å². The van der Waals surface area contributed by atoms with Gasteiger partial charge >= 0.3 is 0 Å². The van der Waals surface area contributed by atoms with Crippen LogP contribution in [0.25, 0.3) is 109 Å². The second kappa shape index (κ2) is 14.8. The molecule has 13 aromatic rings. The molecule has 0 fully saturated rings. The zero-order valence-electron chi connectivity index (χ0n) is 36.7. The number of hydrogen-bond donors (Lipinski definition) is 0. The maximum atomic E-state index is 2.61. The summed E-state index contributed by atoms with van der Waals surface area (Å²) in [6.45, 7) is 0. The van der Waals surface area contributed by atoms with Gasteiger partial charge in [-0.3, -0.25) is 0 Å². The molecule has 310 valence electrons. The molecule has 0 radical (unpaired) electrons. The van der Waals surface area contributed by atoms with E-state index in [0.717, 1.165) is 0 Å². The summed E-state index contributed by atoms with van der Waals surface area (Å²) in [6.07, 6.45) is 0. The van der Waals surface area contributed by atoms with Crippen molar-refractivity contribution in [2.24, 2.45) is 0 Å². The predicted octanol–water partition coefficient (Wildman–Crippen LogP) is 15.0. The van der Waals surface area contributed by atoms with E-state index < -0.39 is 8.07 Å². The first-order valence-corrected chi connectivity index (χ1v) is 25.4. The average Bonchev–Trinajstić information content (AvgIpc) is 3.71. The normalized spacial score (nSPS) is 12.9. The molecule has 0 saturated heterocycles. The third-order valence-electron chi connectivity index (χ3n) is 14.9. The van der Waals surface area contributed by atoms with E-state index in [0.29, 0.717) is 0 Å². The fourth-order valence-corrected chi connectivity index (χ4v) is 17.7. The SMILES string of the molecule is c1ccc(-c2c3ccccc3c(-c3c4ccccc4c(-c4ccc5c(c4)[Si](c4ccccc4)(c4ccccc4)c4c-5ccc5c4ccc4ccccc45)c4ccccc34)c3ccccc23)cc1. The van der Waals surface area contributed by atoms with Gasteiger partial charge in [0.1, 0.15) is 0 Å². The highest BCUT2D eigenvalue weighted by atomic mass is 28.3. The molecule has 0 atom stereocenters. The summed E-state index contributed by atoms with van der Waals surface area (Å²) in [5.41, 5.74) is 10.3. The molecule has 14 rings (SSSR count). The molecule has 1 aliphatic heterocycles. The number of rotatable bonds is 5. The van der Waals surface area contributed by atoms with Crippen molar-refractivity contribution in [3.8, 4) is 44.5 Å². The van der Waals surface area contributed by atoms with Crippen molar-refractivity contribution >= 4 is 93.5 Å². The van der Waals surface area contributed by atoms with Gasteiger partial charge in [-0.05, 0) is 130 Å². The Balaban J connectivity index is 1.09. The highest BCUT2D eigenvalue weighted by Gasteiger charge is 2.50.